The SMILES string of the molecule is OC1(/C2=C\CCCCCC2)C=CCCC1. The third-order valence-corrected chi connectivity index (χ3v) is 3.67. The molecule has 0 saturated carbocycles. The number of aliphatic hydroxyl groups is 1. The summed E-state index contributed by atoms with van der Waals surface area (Å²) in [7, 11) is 0. The predicted octanol–water partition coefficient (Wildman–Crippen LogP) is 3.74. The van der Waals surface area contributed by atoms with Crippen molar-refractivity contribution in [2.45, 2.75) is 63.4 Å². The lowest BCUT2D eigenvalue weighted by Crippen LogP contribution is -2.30. The monoisotopic (exact) mass is 206 g/mol. The summed E-state index contributed by atoms with van der Waals surface area (Å²) < 4.78 is 0. The van der Waals surface area contributed by atoms with E-state index in [9.17, 15) is 5.11 Å². The third-order valence-electron chi connectivity index (χ3n) is 3.67. The molecule has 0 aromatic carbocycles. The highest BCUT2D eigenvalue weighted by molar-refractivity contribution is 5.26. The highest BCUT2D eigenvalue weighted by Gasteiger charge is 2.29. The summed E-state index contributed by atoms with van der Waals surface area (Å²) in [6, 6.07) is 0. The van der Waals surface area contributed by atoms with Gasteiger partial charge >= 0.3 is 0 Å². The van der Waals surface area contributed by atoms with E-state index in [0.29, 0.717) is 0 Å². The summed E-state index contributed by atoms with van der Waals surface area (Å²) in [5.74, 6) is 0. The minimum atomic E-state index is -0.588. The Morgan fingerprint density at radius 2 is 1.87 bits per heavy atom. The molecule has 0 amide bonds. The fraction of sp³-hybridized carbons (Fsp3) is 0.714. The molecule has 15 heavy (non-hydrogen) atoms. The molecule has 1 unspecified atom stereocenters. The minimum absolute atomic E-state index is 0.588. The average molecular weight is 206 g/mol. The van der Waals surface area contributed by atoms with Gasteiger partial charge in [0.25, 0.3) is 0 Å². The predicted molar refractivity (Wildman–Crippen MR) is 63.7 cm³/mol. The number of allylic oxidation sites excluding steroid dienone is 2. The fourth-order valence-corrected chi connectivity index (χ4v) is 2.70. The maximum absolute atomic E-state index is 10.6. The van der Waals surface area contributed by atoms with Gasteiger partial charge in [-0.2, -0.15) is 0 Å². The summed E-state index contributed by atoms with van der Waals surface area (Å²) in [5.41, 5.74) is 0.702. The lowest BCUT2D eigenvalue weighted by molar-refractivity contribution is 0.107. The second-order valence-electron chi connectivity index (χ2n) is 4.90. The quantitative estimate of drug-likeness (QED) is 0.648. The molecule has 0 aromatic rings. The van der Waals surface area contributed by atoms with Crippen LogP contribution < -0.4 is 0 Å². The second-order valence-corrected chi connectivity index (χ2v) is 4.90. The Bertz CT molecular complexity index is 265. The molecule has 0 aliphatic heterocycles. The van der Waals surface area contributed by atoms with Crippen LogP contribution in [0.25, 0.3) is 0 Å². The standard InChI is InChI=1S/C14H22O/c15-14(11-7-4-8-12-14)13-9-5-2-1-3-6-10-13/h7,9,11,15H,1-6,8,10,12H2/b13-9-. The van der Waals surface area contributed by atoms with E-state index in [1.165, 1.54) is 31.3 Å². The highest BCUT2D eigenvalue weighted by atomic mass is 16.3. The zero-order valence-electron chi connectivity index (χ0n) is 9.54. The van der Waals surface area contributed by atoms with Crippen molar-refractivity contribution in [3.05, 3.63) is 23.8 Å². The van der Waals surface area contributed by atoms with Crippen LogP contribution in [0, 0.1) is 0 Å². The van der Waals surface area contributed by atoms with Crippen LogP contribution in [0.1, 0.15) is 57.8 Å². The van der Waals surface area contributed by atoms with Crippen LogP contribution in [0.2, 0.25) is 0 Å². The van der Waals surface area contributed by atoms with Gasteiger partial charge in [-0.05, 0) is 50.5 Å². The van der Waals surface area contributed by atoms with Gasteiger partial charge in [-0.1, -0.05) is 31.1 Å². The maximum atomic E-state index is 10.6. The Kier molecular flexibility index (Phi) is 3.63. The van der Waals surface area contributed by atoms with E-state index in [1.54, 1.807) is 0 Å². The third kappa shape index (κ3) is 2.72. The topological polar surface area (TPSA) is 20.2 Å². The van der Waals surface area contributed by atoms with Crippen LogP contribution in [0.3, 0.4) is 0 Å². The normalized spacial score (nSPS) is 36.5. The summed E-state index contributed by atoms with van der Waals surface area (Å²) >= 11 is 0. The van der Waals surface area contributed by atoms with Gasteiger partial charge in [-0.15, -0.1) is 0 Å². The molecule has 2 aliphatic rings. The summed E-state index contributed by atoms with van der Waals surface area (Å²) in [6.07, 6.45) is 17.2. The van der Waals surface area contributed by atoms with Gasteiger partial charge in [-0.25, -0.2) is 0 Å². The van der Waals surface area contributed by atoms with E-state index >= 15 is 0 Å². The molecule has 1 atom stereocenters. The molecule has 1 nitrogen and oxygen atoms in total. The van der Waals surface area contributed by atoms with Gasteiger partial charge in [0.2, 0.25) is 0 Å². The summed E-state index contributed by atoms with van der Waals surface area (Å²) in [5, 5.41) is 10.6. The van der Waals surface area contributed by atoms with Crippen LogP contribution >= 0.6 is 0 Å². The Balaban J connectivity index is 2.11. The molecule has 2 rings (SSSR count). The lowest BCUT2D eigenvalue weighted by Gasteiger charge is -2.31. The van der Waals surface area contributed by atoms with Crippen LogP contribution in [-0.4, -0.2) is 10.7 Å². The lowest BCUT2D eigenvalue weighted by atomic mass is 9.80. The Morgan fingerprint density at radius 3 is 2.67 bits per heavy atom. The molecule has 0 aromatic heterocycles. The molecule has 1 heteroatoms. The van der Waals surface area contributed by atoms with E-state index in [2.05, 4.69) is 12.2 Å². The van der Waals surface area contributed by atoms with Crippen molar-refractivity contribution >= 4 is 0 Å². The van der Waals surface area contributed by atoms with Gasteiger partial charge < -0.3 is 5.11 Å². The van der Waals surface area contributed by atoms with E-state index in [-0.39, 0.29) is 0 Å². The molecule has 1 N–H and O–H groups in total. The van der Waals surface area contributed by atoms with Crippen molar-refractivity contribution in [3.8, 4) is 0 Å². The Hall–Kier alpha value is -0.560. The van der Waals surface area contributed by atoms with Crippen molar-refractivity contribution in [2.24, 2.45) is 0 Å². The zero-order valence-corrected chi connectivity index (χ0v) is 9.54. The molecule has 0 bridgehead atoms. The molecule has 0 spiro atoms. The highest BCUT2D eigenvalue weighted by Crippen LogP contribution is 2.33. The van der Waals surface area contributed by atoms with Gasteiger partial charge in [0.15, 0.2) is 0 Å². The van der Waals surface area contributed by atoms with Crippen molar-refractivity contribution in [2.75, 3.05) is 0 Å². The first kappa shape index (κ1) is 10.9. The van der Waals surface area contributed by atoms with E-state index in [0.717, 1.165) is 32.1 Å². The van der Waals surface area contributed by atoms with E-state index in [4.69, 9.17) is 0 Å². The van der Waals surface area contributed by atoms with Gasteiger partial charge in [0.05, 0.1) is 0 Å². The number of hydrogen-bond acceptors (Lipinski definition) is 1. The van der Waals surface area contributed by atoms with E-state index in [1.807, 2.05) is 6.08 Å². The van der Waals surface area contributed by atoms with Crippen molar-refractivity contribution < 1.29 is 5.11 Å². The first-order chi connectivity index (χ1) is 7.31. The van der Waals surface area contributed by atoms with Crippen molar-refractivity contribution in [1.82, 2.24) is 0 Å². The fourth-order valence-electron chi connectivity index (χ4n) is 2.70. The molecule has 0 radical (unpaired) electrons. The minimum Gasteiger partial charge on any atom is -0.381 e. The first-order valence-corrected chi connectivity index (χ1v) is 6.41. The van der Waals surface area contributed by atoms with Gasteiger partial charge in [-0.3, -0.25) is 0 Å². The summed E-state index contributed by atoms with van der Waals surface area (Å²) in [4.78, 5) is 0. The zero-order chi connectivity index (χ0) is 10.6. The largest absolute Gasteiger partial charge is 0.381 e. The van der Waals surface area contributed by atoms with Crippen LogP contribution in [0.15, 0.2) is 23.8 Å². The molecular formula is C14H22O. The number of rotatable bonds is 1. The molecule has 0 fully saturated rings. The number of hydrogen-bond donors (Lipinski definition) is 1. The van der Waals surface area contributed by atoms with Gasteiger partial charge in [0, 0.05) is 0 Å². The van der Waals surface area contributed by atoms with Gasteiger partial charge in [0.1, 0.15) is 5.60 Å². The molecule has 2 aliphatic carbocycles. The molecule has 0 heterocycles. The average Bonchev–Trinajstić information content (AvgIpc) is 2.17. The Morgan fingerprint density at radius 1 is 1.00 bits per heavy atom. The Labute approximate surface area is 92.9 Å². The molecule has 84 valence electrons. The van der Waals surface area contributed by atoms with Crippen molar-refractivity contribution in [3.63, 3.8) is 0 Å². The first-order valence-electron chi connectivity index (χ1n) is 6.41. The van der Waals surface area contributed by atoms with Crippen LogP contribution in [-0.2, 0) is 0 Å². The summed E-state index contributed by atoms with van der Waals surface area (Å²) in [6.45, 7) is 0. The van der Waals surface area contributed by atoms with E-state index < -0.39 is 5.60 Å². The van der Waals surface area contributed by atoms with Crippen LogP contribution in [0.5, 0.6) is 0 Å². The van der Waals surface area contributed by atoms with Crippen molar-refractivity contribution in [1.29, 1.82) is 0 Å². The second kappa shape index (κ2) is 4.98. The smallest absolute Gasteiger partial charge is 0.104 e. The van der Waals surface area contributed by atoms with Crippen LogP contribution in [0.4, 0.5) is 0 Å². The molecule has 0 saturated heterocycles. The molecular weight excluding hydrogens is 184 g/mol. The maximum Gasteiger partial charge on any atom is 0.104 e.